The molecule has 0 saturated heterocycles. The van der Waals surface area contributed by atoms with Gasteiger partial charge in [-0.2, -0.15) is 0 Å². The van der Waals surface area contributed by atoms with Gasteiger partial charge in [-0.3, -0.25) is 0 Å². The van der Waals surface area contributed by atoms with Crippen molar-refractivity contribution in [3.63, 3.8) is 0 Å². The van der Waals surface area contributed by atoms with Crippen LogP contribution in [-0.4, -0.2) is 25.7 Å². The van der Waals surface area contributed by atoms with Gasteiger partial charge >= 0.3 is 0 Å². The van der Waals surface area contributed by atoms with Crippen molar-refractivity contribution in [1.29, 1.82) is 0 Å². The number of sulfonamides is 1. The lowest BCUT2D eigenvalue weighted by Crippen LogP contribution is -2.13. The topological polar surface area (TPSA) is 85.1 Å². The fourth-order valence-electron chi connectivity index (χ4n) is 1.53. The number of pyridine rings is 1. The van der Waals surface area contributed by atoms with Crippen LogP contribution >= 0.6 is 23.4 Å². The molecule has 8 heteroatoms. The van der Waals surface area contributed by atoms with Crippen molar-refractivity contribution in [2.24, 2.45) is 5.14 Å². The predicted molar refractivity (Wildman–Crippen MR) is 86.3 cm³/mol. The molecular weight excluding hydrogens is 330 g/mol. The summed E-state index contributed by atoms with van der Waals surface area (Å²) in [5.74, 6) is 1.46. The molecule has 0 spiro atoms. The lowest BCUT2D eigenvalue weighted by atomic mass is 10.4. The van der Waals surface area contributed by atoms with Gasteiger partial charge in [-0.1, -0.05) is 11.6 Å². The Kier molecular flexibility index (Phi) is 5.46. The van der Waals surface area contributed by atoms with Crippen LogP contribution in [0.3, 0.4) is 0 Å². The number of nitrogens with zero attached hydrogens (tertiary/aromatic N) is 1. The lowest BCUT2D eigenvalue weighted by molar-refractivity contribution is 0.597. The van der Waals surface area contributed by atoms with Crippen molar-refractivity contribution in [3.05, 3.63) is 47.6 Å². The Hall–Kier alpha value is -1.28. The maximum absolute atomic E-state index is 11.1. The largest absolute Gasteiger partial charge is 0.369 e. The second kappa shape index (κ2) is 7.13. The molecule has 21 heavy (non-hydrogen) atoms. The molecule has 0 aliphatic carbocycles. The van der Waals surface area contributed by atoms with Crippen molar-refractivity contribution in [3.8, 4) is 0 Å². The number of halogens is 1. The molecule has 1 aromatic heterocycles. The van der Waals surface area contributed by atoms with E-state index in [4.69, 9.17) is 16.7 Å². The highest BCUT2D eigenvalue weighted by Gasteiger charge is 2.07. The summed E-state index contributed by atoms with van der Waals surface area (Å²) in [5.41, 5.74) is 0. The fourth-order valence-corrected chi connectivity index (χ4v) is 2.88. The number of nitrogens with two attached hydrogens (primary N) is 1. The van der Waals surface area contributed by atoms with Gasteiger partial charge in [-0.05, 0) is 36.4 Å². The van der Waals surface area contributed by atoms with Crippen LogP contribution in [0.25, 0.3) is 0 Å². The summed E-state index contributed by atoms with van der Waals surface area (Å²) in [7, 11) is -3.69. The van der Waals surface area contributed by atoms with Crippen LogP contribution in [0.1, 0.15) is 0 Å². The van der Waals surface area contributed by atoms with Gasteiger partial charge in [0.15, 0.2) is 0 Å². The maximum Gasteiger partial charge on any atom is 0.239 e. The van der Waals surface area contributed by atoms with Crippen LogP contribution in [0, 0.1) is 0 Å². The normalized spacial score (nSPS) is 11.3. The molecule has 0 atom stereocenters. The summed E-state index contributed by atoms with van der Waals surface area (Å²) >= 11 is 7.51. The number of hydrogen-bond donors (Lipinski definition) is 2. The predicted octanol–water partition coefficient (Wildman–Crippen LogP) is 2.59. The van der Waals surface area contributed by atoms with Gasteiger partial charge in [0.1, 0.15) is 10.7 Å². The summed E-state index contributed by atoms with van der Waals surface area (Å²) in [4.78, 5) is 5.15. The van der Waals surface area contributed by atoms with Gasteiger partial charge in [0.05, 0.1) is 0 Å². The van der Waals surface area contributed by atoms with E-state index in [1.807, 2.05) is 24.3 Å². The molecule has 0 aliphatic heterocycles. The van der Waals surface area contributed by atoms with E-state index in [9.17, 15) is 8.42 Å². The molecule has 0 saturated carbocycles. The Labute approximate surface area is 133 Å². The zero-order chi connectivity index (χ0) is 15.3. The minimum Gasteiger partial charge on any atom is -0.369 e. The molecule has 0 fully saturated rings. The monoisotopic (exact) mass is 343 g/mol. The maximum atomic E-state index is 11.1. The first-order valence-electron chi connectivity index (χ1n) is 6.06. The zero-order valence-electron chi connectivity index (χ0n) is 11.0. The molecule has 0 unspecified atom stereocenters. The third kappa shape index (κ3) is 5.20. The molecule has 112 valence electrons. The molecule has 1 heterocycles. The van der Waals surface area contributed by atoms with Crippen LogP contribution in [0.4, 0.5) is 5.82 Å². The van der Waals surface area contributed by atoms with Crippen molar-refractivity contribution < 1.29 is 8.42 Å². The third-order valence-corrected chi connectivity index (χ3v) is 4.72. The van der Waals surface area contributed by atoms with E-state index in [1.165, 1.54) is 12.3 Å². The van der Waals surface area contributed by atoms with Crippen molar-refractivity contribution in [2.75, 3.05) is 17.6 Å². The van der Waals surface area contributed by atoms with E-state index in [0.29, 0.717) is 12.4 Å². The highest BCUT2D eigenvalue weighted by Crippen LogP contribution is 2.20. The van der Waals surface area contributed by atoms with Crippen LogP contribution in [-0.2, 0) is 10.0 Å². The molecule has 0 radical (unpaired) electrons. The first-order chi connectivity index (χ1) is 9.95. The van der Waals surface area contributed by atoms with Gasteiger partial charge in [-0.15, -0.1) is 11.8 Å². The summed E-state index contributed by atoms with van der Waals surface area (Å²) in [5, 5.41) is 8.83. The lowest BCUT2D eigenvalue weighted by Gasteiger charge is -2.06. The Balaban J connectivity index is 1.80. The van der Waals surface area contributed by atoms with E-state index < -0.39 is 10.0 Å². The summed E-state index contributed by atoms with van der Waals surface area (Å²) in [6.45, 7) is 0.703. The van der Waals surface area contributed by atoms with Crippen LogP contribution < -0.4 is 10.5 Å². The fraction of sp³-hybridized carbons (Fsp3) is 0.154. The standard InChI is InChI=1S/C13H14ClN3O2S2/c14-10-1-3-11(4-2-10)20-8-7-16-13-6-5-12(9-17-13)21(15,18)19/h1-6,9H,7-8H2,(H,16,17)(H2,15,18,19). The highest BCUT2D eigenvalue weighted by atomic mass is 35.5. The van der Waals surface area contributed by atoms with Gasteiger partial charge in [0.25, 0.3) is 0 Å². The first kappa shape index (κ1) is 16.1. The van der Waals surface area contributed by atoms with Crippen molar-refractivity contribution >= 4 is 39.2 Å². The number of benzene rings is 1. The number of rotatable bonds is 6. The zero-order valence-corrected chi connectivity index (χ0v) is 13.4. The van der Waals surface area contributed by atoms with Crippen molar-refractivity contribution in [2.45, 2.75) is 9.79 Å². The van der Waals surface area contributed by atoms with Gasteiger partial charge < -0.3 is 5.32 Å². The molecule has 2 aromatic rings. The molecule has 1 aromatic carbocycles. The number of thioether (sulfide) groups is 1. The molecule has 5 nitrogen and oxygen atoms in total. The first-order valence-corrected chi connectivity index (χ1v) is 8.97. The van der Waals surface area contributed by atoms with E-state index in [0.717, 1.165) is 15.7 Å². The second-order valence-corrected chi connectivity index (χ2v) is 7.32. The number of primary sulfonamides is 1. The SMILES string of the molecule is NS(=O)(=O)c1ccc(NCCSc2ccc(Cl)cc2)nc1. The highest BCUT2D eigenvalue weighted by molar-refractivity contribution is 7.99. The van der Waals surface area contributed by atoms with Gasteiger partial charge in [-0.25, -0.2) is 18.5 Å². The Morgan fingerprint density at radius 2 is 1.90 bits per heavy atom. The second-order valence-electron chi connectivity index (χ2n) is 4.15. The average molecular weight is 344 g/mol. The number of aromatic nitrogens is 1. The van der Waals surface area contributed by atoms with E-state index in [1.54, 1.807) is 17.8 Å². The minimum atomic E-state index is -3.69. The number of nitrogens with one attached hydrogen (secondary N) is 1. The molecular formula is C13H14ClN3O2S2. The Bertz CT molecular complexity index is 688. The third-order valence-electron chi connectivity index (χ3n) is 2.56. The van der Waals surface area contributed by atoms with Gasteiger partial charge in [0.2, 0.25) is 10.0 Å². The van der Waals surface area contributed by atoms with E-state index in [-0.39, 0.29) is 4.90 Å². The smallest absolute Gasteiger partial charge is 0.239 e. The molecule has 0 amide bonds. The average Bonchev–Trinajstić information content (AvgIpc) is 2.45. The molecule has 0 bridgehead atoms. The van der Waals surface area contributed by atoms with Crippen molar-refractivity contribution in [1.82, 2.24) is 4.98 Å². The Morgan fingerprint density at radius 1 is 1.19 bits per heavy atom. The number of anilines is 1. The summed E-state index contributed by atoms with van der Waals surface area (Å²) < 4.78 is 22.2. The Morgan fingerprint density at radius 3 is 2.48 bits per heavy atom. The van der Waals surface area contributed by atoms with Crippen LogP contribution in [0.15, 0.2) is 52.4 Å². The summed E-state index contributed by atoms with van der Waals surface area (Å²) in [6, 6.07) is 10.7. The van der Waals surface area contributed by atoms with E-state index in [2.05, 4.69) is 10.3 Å². The minimum absolute atomic E-state index is 0.00332. The molecule has 3 N–H and O–H groups in total. The van der Waals surface area contributed by atoms with Gasteiger partial charge in [0, 0.05) is 28.4 Å². The molecule has 0 aliphatic rings. The number of hydrogen-bond acceptors (Lipinski definition) is 5. The summed E-state index contributed by atoms with van der Waals surface area (Å²) in [6.07, 6.45) is 1.24. The quantitative estimate of drug-likeness (QED) is 0.622. The van der Waals surface area contributed by atoms with Crippen LogP contribution in [0.2, 0.25) is 5.02 Å². The van der Waals surface area contributed by atoms with Crippen LogP contribution in [0.5, 0.6) is 0 Å². The molecule has 2 rings (SSSR count). The van der Waals surface area contributed by atoms with E-state index >= 15 is 0 Å².